The van der Waals surface area contributed by atoms with E-state index in [9.17, 15) is 4.79 Å². The number of benzene rings is 1. The number of ketones is 1. The molecule has 0 amide bonds. The molecule has 0 aliphatic carbocycles. The maximum Gasteiger partial charge on any atom is 0.159 e. The van der Waals surface area contributed by atoms with E-state index in [-0.39, 0.29) is 18.3 Å². The van der Waals surface area contributed by atoms with Crippen LogP contribution in [-0.4, -0.2) is 24.0 Å². The Kier molecular flexibility index (Phi) is 4.68. The molecule has 4 nitrogen and oxygen atoms in total. The first-order valence-electron chi connectivity index (χ1n) is 5.48. The maximum atomic E-state index is 11.2. The molecule has 0 radical (unpaired) electrons. The predicted octanol–water partition coefficient (Wildman–Crippen LogP) is 1.80. The van der Waals surface area contributed by atoms with Crippen molar-refractivity contribution in [1.82, 2.24) is 0 Å². The monoisotopic (exact) mass is 232 g/mol. The van der Waals surface area contributed by atoms with Crippen molar-refractivity contribution in [2.75, 3.05) is 18.5 Å². The van der Waals surface area contributed by atoms with Crippen LogP contribution in [-0.2, 0) is 0 Å². The van der Waals surface area contributed by atoms with Crippen molar-refractivity contribution >= 4 is 11.5 Å². The van der Waals surface area contributed by atoms with Crippen molar-refractivity contribution in [2.24, 2.45) is 5.92 Å². The summed E-state index contributed by atoms with van der Waals surface area (Å²) in [6, 6.07) is 7.01. The quantitative estimate of drug-likeness (QED) is 0.759. The van der Waals surface area contributed by atoms with E-state index >= 15 is 0 Å². The normalized spacial score (nSPS) is 11.6. The van der Waals surface area contributed by atoms with Crippen molar-refractivity contribution in [3.63, 3.8) is 0 Å². The molecule has 17 heavy (non-hydrogen) atoms. The highest BCUT2D eigenvalue weighted by molar-refractivity contribution is 5.95. The first-order valence-corrected chi connectivity index (χ1v) is 5.48. The van der Waals surface area contributed by atoms with Crippen LogP contribution >= 0.6 is 0 Å². The molecule has 0 aliphatic rings. The standard InChI is InChI=1S/C13H16N2O2/c1-9(8-16)7-15-13-5-11(10(2)17)3-4-12(13)6-14/h3-5,9,15-16H,7-8H2,1-2H3. The van der Waals surface area contributed by atoms with Gasteiger partial charge in [0.15, 0.2) is 5.78 Å². The lowest BCUT2D eigenvalue weighted by molar-refractivity contribution is 0.101. The summed E-state index contributed by atoms with van der Waals surface area (Å²) in [5.74, 6) is 0.0651. The average molecular weight is 232 g/mol. The Labute approximate surface area is 101 Å². The molecule has 90 valence electrons. The minimum absolute atomic E-state index is 0.0345. The van der Waals surface area contributed by atoms with Crippen molar-refractivity contribution in [3.8, 4) is 6.07 Å². The Morgan fingerprint density at radius 2 is 2.29 bits per heavy atom. The molecule has 1 aromatic rings. The van der Waals surface area contributed by atoms with Gasteiger partial charge in [0.2, 0.25) is 0 Å². The van der Waals surface area contributed by atoms with Crippen molar-refractivity contribution in [3.05, 3.63) is 29.3 Å². The first-order chi connectivity index (χ1) is 8.08. The molecule has 1 aromatic carbocycles. The van der Waals surface area contributed by atoms with Crippen molar-refractivity contribution in [2.45, 2.75) is 13.8 Å². The number of Topliss-reactive ketones (excluding diaryl/α,β-unsaturated/α-hetero) is 1. The number of carbonyl (C=O) groups excluding carboxylic acids is 1. The van der Waals surface area contributed by atoms with Gasteiger partial charge < -0.3 is 10.4 Å². The highest BCUT2D eigenvalue weighted by Gasteiger charge is 2.07. The van der Waals surface area contributed by atoms with Crippen LogP contribution in [0, 0.1) is 17.2 Å². The molecule has 0 heterocycles. The number of aliphatic hydroxyl groups excluding tert-OH is 1. The number of nitriles is 1. The van der Waals surface area contributed by atoms with Crippen LogP contribution in [0.5, 0.6) is 0 Å². The summed E-state index contributed by atoms with van der Waals surface area (Å²) in [5, 5.41) is 20.9. The van der Waals surface area contributed by atoms with E-state index in [1.807, 2.05) is 6.92 Å². The number of carbonyl (C=O) groups is 1. The molecule has 1 atom stereocenters. The van der Waals surface area contributed by atoms with Gasteiger partial charge in [0.1, 0.15) is 6.07 Å². The second kappa shape index (κ2) is 6.02. The fourth-order valence-corrected chi connectivity index (χ4v) is 1.36. The summed E-state index contributed by atoms with van der Waals surface area (Å²) < 4.78 is 0. The van der Waals surface area contributed by atoms with E-state index < -0.39 is 0 Å². The third-order valence-corrected chi connectivity index (χ3v) is 2.50. The van der Waals surface area contributed by atoms with E-state index in [1.165, 1.54) is 6.92 Å². The molecular formula is C13H16N2O2. The molecule has 2 N–H and O–H groups in total. The smallest absolute Gasteiger partial charge is 0.159 e. The number of hydrogen-bond donors (Lipinski definition) is 2. The lowest BCUT2D eigenvalue weighted by Gasteiger charge is -2.12. The van der Waals surface area contributed by atoms with Gasteiger partial charge in [0, 0.05) is 18.7 Å². The van der Waals surface area contributed by atoms with Crippen LogP contribution in [0.2, 0.25) is 0 Å². The maximum absolute atomic E-state index is 11.2. The first kappa shape index (κ1) is 13.2. The number of anilines is 1. The summed E-state index contributed by atoms with van der Waals surface area (Å²) in [7, 11) is 0. The number of hydrogen-bond acceptors (Lipinski definition) is 4. The van der Waals surface area contributed by atoms with Crippen LogP contribution in [0.25, 0.3) is 0 Å². The van der Waals surface area contributed by atoms with Gasteiger partial charge in [-0.05, 0) is 31.0 Å². The van der Waals surface area contributed by atoms with E-state index in [0.29, 0.717) is 23.4 Å². The molecule has 4 heteroatoms. The van der Waals surface area contributed by atoms with Crippen LogP contribution < -0.4 is 5.32 Å². The van der Waals surface area contributed by atoms with Gasteiger partial charge in [-0.1, -0.05) is 6.92 Å². The second-order valence-electron chi connectivity index (χ2n) is 4.10. The minimum Gasteiger partial charge on any atom is -0.396 e. The number of aliphatic hydroxyl groups is 1. The minimum atomic E-state index is -0.0345. The Morgan fingerprint density at radius 3 is 2.82 bits per heavy atom. The molecule has 0 spiro atoms. The fraction of sp³-hybridized carbons (Fsp3) is 0.385. The van der Waals surface area contributed by atoms with Crippen molar-refractivity contribution in [1.29, 1.82) is 5.26 Å². The highest BCUT2D eigenvalue weighted by atomic mass is 16.3. The largest absolute Gasteiger partial charge is 0.396 e. The third kappa shape index (κ3) is 3.58. The van der Waals surface area contributed by atoms with Crippen molar-refractivity contribution < 1.29 is 9.90 Å². The predicted molar refractivity (Wildman–Crippen MR) is 65.9 cm³/mol. The van der Waals surface area contributed by atoms with Gasteiger partial charge >= 0.3 is 0 Å². The van der Waals surface area contributed by atoms with E-state index in [1.54, 1.807) is 18.2 Å². The third-order valence-electron chi connectivity index (χ3n) is 2.50. The van der Waals surface area contributed by atoms with Gasteiger partial charge in [-0.3, -0.25) is 4.79 Å². The Bertz CT molecular complexity index is 449. The molecule has 0 aromatic heterocycles. The summed E-state index contributed by atoms with van der Waals surface area (Å²) in [5.41, 5.74) is 1.71. The number of rotatable bonds is 5. The fourth-order valence-electron chi connectivity index (χ4n) is 1.36. The van der Waals surface area contributed by atoms with Gasteiger partial charge in [-0.25, -0.2) is 0 Å². The lowest BCUT2D eigenvalue weighted by atomic mass is 10.1. The zero-order valence-electron chi connectivity index (χ0n) is 10.0. The highest BCUT2D eigenvalue weighted by Crippen LogP contribution is 2.17. The van der Waals surface area contributed by atoms with Gasteiger partial charge in [-0.15, -0.1) is 0 Å². The van der Waals surface area contributed by atoms with E-state index in [0.717, 1.165) is 0 Å². The van der Waals surface area contributed by atoms with Gasteiger partial charge in [0.25, 0.3) is 0 Å². The van der Waals surface area contributed by atoms with Crippen LogP contribution in [0.3, 0.4) is 0 Å². The SMILES string of the molecule is CC(=O)c1ccc(C#N)c(NCC(C)CO)c1. The Hall–Kier alpha value is -1.86. The van der Waals surface area contributed by atoms with Crippen LogP contribution in [0.4, 0.5) is 5.69 Å². The molecule has 0 saturated carbocycles. The summed E-state index contributed by atoms with van der Waals surface area (Å²) >= 11 is 0. The zero-order chi connectivity index (χ0) is 12.8. The second-order valence-corrected chi connectivity index (χ2v) is 4.10. The van der Waals surface area contributed by atoms with Gasteiger partial charge in [0.05, 0.1) is 11.3 Å². The van der Waals surface area contributed by atoms with Crippen LogP contribution in [0.1, 0.15) is 29.8 Å². The number of nitrogens with one attached hydrogen (secondary N) is 1. The topological polar surface area (TPSA) is 73.1 Å². The molecule has 0 fully saturated rings. The Morgan fingerprint density at radius 1 is 1.59 bits per heavy atom. The van der Waals surface area contributed by atoms with Crippen LogP contribution in [0.15, 0.2) is 18.2 Å². The molecule has 0 bridgehead atoms. The van der Waals surface area contributed by atoms with Gasteiger partial charge in [-0.2, -0.15) is 5.26 Å². The Balaban J connectivity index is 2.91. The average Bonchev–Trinajstić information content (AvgIpc) is 2.35. The molecule has 0 aliphatic heterocycles. The van der Waals surface area contributed by atoms with E-state index in [4.69, 9.17) is 10.4 Å². The molecule has 0 saturated heterocycles. The van der Waals surface area contributed by atoms with E-state index in [2.05, 4.69) is 11.4 Å². The zero-order valence-corrected chi connectivity index (χ0v) is 10.0. The molecule has 1 unspecified atom stereocenters. The molecular weight excluding hydrogens is 216 g/mol. The number of nitrogens with zero attached hydrogens (tertiary/aromatic N) is 1. The summed E-state index contributed by atoms with van der Waals surface area (Å²) in [6.45, 7) is 4.03. The molecule has 1 rings (SSSR count). The summed E-state index contributed by atoms with van der Waals surface area (Å²) in [4.78, 5) is 11.2. The lowest BCUT2D eigenvalue weighted by Crippen LogP contribution is -2.15. The summed E-state index contributed by atoms with van der Waals surface area (Å²) in [6.07, 6.45) is 0.